The van der Waals surface area contributed by atoms with Gasteiger partial charge < -0.3 is 10.1 Å². The fraction of sp³-hybridized carbons (Fsp3) is 0.235. The lowest BCUT2D eigenvalue weighted by Gasteiger charge is -2.19. The Morgan fingerprint density at radius 1 is 1.11 bits per heavy atom. The standard InChI is InChI=1S/C17H18F2N4O4S/c1-27-12-5-2-10(3-6-12)23-28(25,26)17-13(9-20-22-17)16(24)21-11-4-7-14(18)15(19)8-11/h2-8,13,17,20,22-23H,9H2,1H3,(H,21,24). The Labute approximate surface area is 160 Å². The lowest BCUT2D eigenvalue weighted by atomic mass is 10.1. The molecule has 1 aliphatic heterocycles. The van der Waals surface area contributed by atoms with Crippen LogP contribution >= 0.6 is 0 Å². The van der Waals surface area contributed by atoms with Crippen LogP contribution in [0.4, 0.5) is 20.2 Å². The van der Waals surface area contributed by atoms with E-state index < -0.39 is 38.9 Å². The van der Waals surface area contributed by atoms with E-state index in [2.05, 4.69) is 20.9 Å². The summed E-state index contributed by atoms with van der Waals surface area (Å²) in [5.74, 6) is -3.28. The van der Waals surface area contributed by atoms with Crippen LogP contribution in [-0.4, -0.2) is 33.4 Å². The normalized spacial score (nSPS) is 19.2. The summed E-state index contributed by atoms with van der Waals surface area (Å²) in [7, 11) is -2.50. The van der Waals surface area contributed by atoms with Crippen LogP contribution in [0.3, 0.4) is 0 Å². The fourth-order valence-electron chi connectivity index (χ4n) is 2.70. The van der Waals surface area contributed by atoms with Gasteiger partial charge in [0.15, 0.2) is 17.0 Å². The van der Waals surface area contributed by atoms with Crippen molar-refractivity contribution >= 4 is 27.3 Å². The van der Waals surface area contributed by atoms with Gasteiger partial charge in [-0.2, -0.15) is 0 Å². The van der Waals surface area contributed by atoms with E-state index in [0.717, 1.165) is 12.1 Å². The van der Waals surface area contributed by atoms with Crippen molar-refractivity contribution in [2.75, 3.05) is 23.7 Å². The predicted octanol–water partition coefficient (Wildman–Crippen LogP) is 1.40. The van der Waals surface area contributed by atoms with Gasteiger partial charge in [-0.15, -0.1) is 0 Å². The number of sulfonamides is 1. The van der Waals surface area contributed by atoms with Crippen LogP contribution in [0.1, 0.15) is 0 Å². The highest BCUT2D eigenvalue weighted by Crippen LogP contribution is 2.22. The Bertz CT molecular complexity index is 970. The van der Waals surface area contributed by atoms with Gasteiger partial charge in [-0.3, -0.25) is 14.9 Å². The zero-order chi connectivity index (χ0) is 20.3. The number of hydrazine groups is 1. The molecule has 2 aromatic rings. The van der Waals surface area contributed by atoms with Crippen LogP contribution in [0.2, 0.25) is 0 Å². The quantitative estimate of drug-likeness (QED) is 0.571. The first-order valence-corrected chi connectivity index (χ1v) is 9.75. The molecule has 1 amide bonds. The molecule has 1 aliphatic rings. The molecular formula is C17H18F2N4O4S. The van der Waals surface area contributed by atoms with Crippen molar-refractivity contribution in [3.8, 4) is 5.75 Å². The number of rotatable bonds is 6. The average molecular weight is 412 g/mol. The number of nitrogens with one attached hydrogen (secondary N) is 4. The molecule has 0 spiro atoms. The van der Waals surface area contributed by atoms with Crippen molar-refractivity contribution in [3.63, 3.8) is 0 Å². The zero-order valence-corrected chi connectivity index (χ0v) is 15.5. The van der Waals surface area contributed by atoms with Gasteiger partial charge in [0.05, 0.1) is 13.0 Å². The zero-order valence-electron chi connectivity index (χ0n) is 14.7. The van der Waals surface area contributed by atoms with Gasteiger partial charge in [0.1, 0.15) is 5.75 Å². The molecule has 0 aromatic heterocycles. The third-order valence-corrected chi connectivity index (χ3v) is 5.78. The summed E-state index contributed by atoms with van der Waals surface area (Å²) in [5.41, 5.74) is 5.52. The third kappa shape index (κ3) is 4.38. The van der Waals surface area contributed by atoms with Gasteiger partial charge in [-0.1, -0.05) is 0 Å². The number of benzene rings is 2. The minimum atomic E-state index is -3.99. The van der Waals surface area contributed by atoms with E-state index in [0.29, 0.717) is 11.4 Å². The van der Waals surface area contributed by atoms with E-state index in [4.69, 9.17) is 4.74 Å². The van der Waals surface area contributed by atoms with E-state index in [1.165, 1.54) is 25.3 Å². The summed E-state index contributed by atoms with van der Waals surface area (Å²) in [4.78, 5) is 12.5. The highest BCUT2D eigenvalue weighted by atomic mass is 32.2. The molecule has 1 saturated heterocycles. The maximum atomic E-state index is 13.3. The highest BCUT2D eigenvalue weighted by Gasteiger charge is 2.42. The fourth-order valence-corrected chi connectivity index (χ4v) is 4.18. The van der Waals surface area contributed by atoms with Gasteiger partial charge in [-0.05, 0) is 36.4 Å². The second kappa shape index (κ2) is 8.09. The molecule has 28 heavy (non-hydrogen) atoms. The summed E-state index contributed by atoms with van der Waals surface area (Å²) < 4.78 is 59.1. The topological polar surface area (TPSA) is 109 Å². The first-order chi connectivity index (χ1) is 13.3. The van der Waals surface area contributed by atoms with Gasteiger partial charge in [0, 0.05) is 24.0 Å². The summed E-state index contributed by atoms with van der Waals surface area (Å²) in [6.07, 6.45) is 0. The van der Waals surface area contributed by atoms with E-state index in [1.807, 2.05) is 0 Å². The van der Waals surface area contributed by atoms with Crippen molar-refractivity contribution in [2.45, 2.75) is 5.37 Å². The number of methoxy groups -OCH3 is 1. The molecule has 2 unspecified atom stereocenters. The molecule has 3 rings (SSSR count). The second-order valence-electron chi connectivity index (χ2n) is 6.05. The molecule has 0 saturated carbocycles. The molecule has 150 valence electrons. The Morgan fingerprint density at radius 2 is 1.79 bits per heavy atom. The monoisotopic (exact) mass is 412 g/mol. The maximum Gasteiger partial charge on any atom is 0.250 e. The highest BCUT2D eigenvalue weighted by molar-refractivity contribution is 7.93. The SMILES string of the molecule is COc1ccc(NS(=O)(=O)C2NNCC2C(=O)Nc2ccc(F)c(F)c2)cc1. The number of carbonyl (C=O) groups is 1. The molecule has 8 nitrogen and oxygen atoms in total. The molecule has 4 N–H and O–H groups in total. The van der Waals surface area contributed by atoms with E-state index in [1.54, 1.807) is 12.1 Å². The number of hydrogen-bond donors (Lipinski definition) is 4. The lowest BCUT2D eigenvalue weighted by molar-refractivity contribution is -0.119. The molecule has 11 heteroatoms. The Balaban J connectivity index is 1.72. The van der Waals surface area contributed by atoms with Crippen LogP contribution < -0.4 is 25.6 Å². The minimum Gasteiger partial charge on any atom is -0.497 e. The molecule has 2 aromatic carbocycles. The number of carbonyl (C=O) groups excluding carboxylic acids is 1. The number of hydrogen-bond acceptors (Lipinski definition) is 6. The Hall–Kier alpha value is -2.76. The van der Waals surface area contributed by atoms with Gasteiger partial charge in [0.2, 0.25) is 5.91 Å². The van der Waals surface area contributed by atoms with Crippen molar-refractivity contribution < 1.29 is 26.7 Å². The van der Waals surface area contributed by atoms with Crippen LogP contribution in [-0.2, 0) is 14.8 Å². The van der Waals surface area contributed by atoms with Gasteiger partial charge in [0.25, 0.3) is 10.0 Å². The van der Waals surface area contributed by atoms with Gasteiger partial charge >= 0.3 is 0 Å². The first-order valence-electron chi connectivity index (χ1n) is 8.20. The van der Waals surface area contributed by atoms with E-state index in [9.17, 15) is 22.0 Å². The second-order valence-corrected chi connectivity index (χ2v) is 7.85. The first kappa shape index (κ1) is 20.0. The Morgan fingerprint density at radius 3 is 2.43 bits per heavy atom. The summed E-state index contributed by atoms with van der Waals surface area (Å²) >= 11 is 0. The number of halogens is 2. The molecule has 1 heterocycles. The maximum absolute atomic E-state index is 13.3. The summed E-state index contributed by atoms with van der Waals surface area (Å²) in [6, 6.07) is 9.10. The Kier molecular flexibility index (Phi) is 5.77. The molecule has 2 atom stereocenters. The molecule has 0 aliphatic carbocycles. The van der Waals surface area contributed by atoms with Crippen LogP contribution in [0.15, 0.2) is 42.5 Å². The van der Waals surface area contributed by atoms with Crippen molar-refractivity contribution in [1.82, 2.24) is 10.9 Å². The summed E-state index contributed by atoms with van der Waals surface area (Å²) in [5, 5.41) is 1.12. The van der Waals surface area contributed by atoms with Crippen LogP contribution in [0, 0.1) is 17.6 Å². The number of amides is 1. The van der Waals surface area contributed by atoms with E-state index >= 15 is 0 Å². The average Bonchev–Trinajstić information content (AvgIpc) is 3.16. The molecular weight excluding hydrogens is 394 g/mol. The predicted molar refractivity (Wildman–Crippen MR) is 98.9 cm³/mol. The van der Waals surface area contributed by atoms with Crippen molar-refractivity contribution in [2.24, 2.45) is 5.92 Å². The third-order valence-electron chi connectivity index (χ3n) is 4.14. The largest absolute Gasteiger partial charge is 0.497 e. The van der Waals surface area contributed by atoms with E-state index in [-0.39, 0.29) is 12.2 Å². The molecule has 0 bridgehead atoms. The van der Waals surface area contributed by atoms with Crippen LogP contribution in [0.5, 0.6) is 5.75 Å². The van der Waals surface area contributed by atoms with Crippen molar-refractivity contribution in [1.29, 1.82) is 0 Å². The smallest absolute Gasteiger partial charge is 0.250 e. The lowest BCUT2D eigenvalue weighted by Crippen LogP contribution is -2.45. The summed E-state index contributed by atoms with van der Waals surface area (Å²) in [6.45, 7) is 0.0314. The number of ether oxygens (including phenoxy) is 1. The number of anilines is 2. The van der Waals surface area contributed by atoms with Gasteiger partial charge in [-0.25, -0.2) is 22.6 Å². The molecule has 0 radical (unpaired) electrons. The van der Waals surface area contributed by atoms with Crippen LogP contribution in [0.25, 0.3) is 0 Å². The van der Waals surface area contributed by atoms with Crippen molar-refractivity contribution in [3.05, 3.63) is 54.1 Å². The molecule has 1 fully saturated rings. The minimum absolute atomic E-state index is 0.0232.